The Bertz CT molecular complexity index is 369. The van der Waals surface area contributed by atoms with Crippen LogP contribution in [0.3, 0.4) is 0 Å². The van der Waals surface area contributed by atoms with Gasteiger partial charge in [0.1, 0.15) is 0 Å². The van der Waals surface area contributed by atoms with Crippen LogP contribution < -0.4 is 5.73 Å². The molecule has 2 heteroatoms. The molecule has 1 aliphatic carbocycles. The summed E-state index contributed by atoms with van der Waals surface area (Å²) in [6.45, 7) is 0. The number of rotatable bonds is 2. The van der Waals surface area contributed by atoms with Crippen molar-refractivity contribution in [2.75, 3.05) is 5.75 Å². The van der Waals surface area contributed by atoms with Crippen molar-refractivity contribution >= 4 is 11.8 Å². The normalized spacial score (nSPS) is 22.1. The SMILES string of the molecule is NC1(Cc2cccc3c2SCC3)CC1. The predicted molar refractivity (Wildman–Crippen MR) is 60.7 cm³/mol. The number of aryl methyl sites for hydroxylation is 1. The van der Waals surface area contributed by atoms with Crippen LogP contribution in [0.25, 0.3) is 0 Å². The molecule has 0 aromatic heterocycles. The average molecular weight is 205 g/mol. The zero-order valence-electron chi connectivity index (χ0n) is 8.25. The minimum Gasteiger partial charge on any atom is -0.325 e. The Morgan fingerprint density at radius 1 is 1.36 bits per heavy atom. The predicted octanol–water partition coefficient (Wildman–Crippen LogP) is 2.37. The Morgan fingerprint density at radius 3 is 3.00 bits per heavy atom. The van der Waals surface area contributed by atoms with Crippen LogP contribution in [0.5, 0.6) is 0 Å². The number of hydrogen-bond donors (Lipinski definition) is 1. The van der Waals surface area contributed by atoms with Crippen LogP contribution in [-0.4, -0.2) is 11.3 Å². The molecule has 1 aliphatic heterocycles. The molecule has 0 bridgehead atoms. The highest BCUT2D eigenvalue weighted by Crippen LogP contribution is 2.40. The molecule has 2 aliphatic rings. The molecule has 0 unspecified atom stereocenters. The molecule has 3 rings (SSSR count). The van der Waals surface area contributed by atoms with Crippen LogP contribution in [0, 0.1) is 0 Å². The summed E-state index contributed by atoms with van der Waals surface area (Å²) in [5.74, 6) is 1.25. The van der Waals surface area contributed by atoms with Crippen molar-refractivity contribution in [3.63, 3.8) is 0 Å². The Balaban J connectivity index is 1.94. The lowest BCUT2D eigenvalue weighted by Gasteiger charge is -2.12. The van der Waals surface area contributed by atoms with E-state index in [2.05, 4.69) is 18.2 Å². The van der Waals surface area contributed by atoms with E-state index in [4.69, 9.17) is 5.73 Å². The first-order valence-electron chi connectivity index (χ1n) is 5.29. The van der Waals surface area contributed by atoms with Gasteiger partial charge in [0.05, 0.1) is 0 Å². The van der Waals surface area contributed by atoms with Crippen molar-refractivity contribution in [2.45, 2.75) is 36.1 Å². The summed E-state index contributed by atoms with van der Waals surface area (Å²) in [7, 11) is 0. The van der Waals surface area contributed by atoms with Crippen LogP contribution in [-0.2, 0) is 12.8 Å². The maximum atomic E-state index is 6.16. The van der Waals surface area contributed by atoms with Gasteiger partial charge in [-0.1, -0.05) is 18.2 Å². The van der Waals surface area contributed by atoms with Gasteiger partial charge in [-0.25, -0.2) is 0 Å². The van der Waals surface area contributed by atoms with E-state index in [1.807, 2.05) is 11.8 Å². The molecule has 0 radical (unpaired) electrons. The summed E-state index contributed by atoms with van der Waals surface area (Å²) in [6.07, 6.45) is 4.75. The van der Waals surface area contributed by atoms with E-state index in [1.54, 1.807) is 0 Å². The highest BCUT2D eigenvalue weighted by Gasteiger charge is 2.38. The van der Waals surface area contributed by atoms with Crippen LogP contribution >= 0.6 is 11.8 Å². The van der Waals surface area contributed by atoms with Gasteiger partial charge in [-0.3, -0.25) is 0 Å². The van der Waals surface area contributed by atoms with Gasteiger partial charge in [0.25, 0.3) is 0 Å². The lowest BCUT2D eigenvalue weighted by Crippen LogP contribution is -2.24. The fraction of sp³-hybridized carbons (Fsp3) is 0.500. The van der Waals surface area contributed by atoms with Crippen molar-refractivity contribution in [1.82, 2.24) is 0 Å². The zero-order valence-corrected chi connectivity index (χ0v) is 9.07. The molecular weight excluding hydrogens is 190 g/mol. The molecule has 14 heavy (non-hydrogen) atoms. The van der Waals surface area contributed by atoms with Crippen molar-refractivity contribution in [3.05, 3.63) is 29.3 Å². The van der Waals surface area contributed by atoms with E-state index in [9.17, 15) is 0 Å². The standard InChI is InChI=1S/C12H15NS/c13-12(5-6-12)8-10-3-1-2-9-4-7-14-11(9)10/h1-3H,4-8,13H2. The Kier molecular flexibility index (Phi) is 1.89. The van der Waals surface area contributed by atoms with Gasteiger partial charge in [0.2, 0.25) is 0 Å². The Hall–Kier alpha value is -0.470. The first kappa shape index (κ1) is 8.81. The molecular formula is C12H15NS. The van der Waals surface area contributed by atoms with Gasteiger partial charge < -0.3 is 5.73 Å². The summed E-state index contributed by atoms with van der Waals surface area (Å²) >= 11 is 2.01. The summed E-state index contributed by atoms with van der Waals surface area (Å²) in [6, 6.07) is 6.70. The Labute approximate surface area is 89.1 Å². The van der Waals surface area contributed by atoms with E-state index in [0.717, 1.165) is 6.42 Å². The molecule has 0 amide bonds. The molecule has 1 nitrogen and oxygen atoms in total. The second kappa shape index (κ2) is 3.01. The lowest BCUT2D eigenvalue weighted by atomic mass is 10.0. The number of fused-ring (bicyclic) bond motifs is 1. The van der Waals surface area contributed by atoms with Crippen LogP contribution in [0.4, 0.5) is 0 Å². The highest BCUT2D eigenvalue weighted by atomic mass is 32.2. The van der Waals surface area contributed by atoms with Crippen molar-refractivity contribution in [1.29, 1.82) is 0 Å². The second-order valence-electron chi connectivity index (χ2n) is 4.54. The quantitative estimate of drug-likeness (QED) is 0.802. The van der Waals surface area contributed by atoms with Gasteiger partial charge >= 0.3 is 0 Å². The van der Waals surface area contributed by atoms with Gasteiger partial charge in [0.15, 0.2) is 0 Å². The molecule has 1 aromatic rings. The van der Waals surface area contributed by atoms with Crippen molar-refractivity contribution in [2.24, 2.45) is 5.73 Å². The number of benzene rings is 1. The summed E-state index contributed by atoms with van der Waals surface area (Å²) in [5.41, 5.74) is 9.34. The van der Waals surface area contributed by atoms with Gasteiger partial charge in [-0.15, -0.1) is 11.8 Å². The molecule has 74 valence electrons. The topological polar surface area (TPSA) is 26.0 Å². The molecule has 1 aromatic carbocycles. The van der Waals surface area contributed by atoms with Crippen LogP contribution in [0.2, 0.25) is 0 Å². The number of nitrogens with two attached hydrogens (primary N) is 1. The van der Waals surface area contributed by atoms with E-state index in [0.29, 0.717) is 0 Å². The second-order valence-corrected chi connectivity index (χ2v) is 5.65. The van der Waals surface area contributed by atoms with E-state index >= 15 is 0 Å². The summed E-state index contributed by atoms with van der Waals surface area (Å²) in [5, 5.41) is 0. The van der Waals surface area contributed by atoms with Gasteiger partial charge in [0, 0.05) is 16.2 Å². The zero-order chi connectivity index (χ0) is 9.60. The fourth-order valence-corrected chi connectivity index (χ4v) is 3.35. The third kappa shape index (κ3) is 1.47. The van der Waals surface area contributed by atoms with E-state index in [-0.39, 0.29) is 5.54 Å². The maximum absolute atomic E-state index is 6.16. The third-order valence-corrected chi connectivity index (χ3v) is 4.45. The first-order chi connectivity index (χ1) is 6.77. The van der Waals surface area contributed by atoms with Crippen LogP contribution in [0.15, 0.2) is 23.1 Å². The van der Waals surface area contributed by atoms with Crippen molar-refractivity contribution in [3.8, 4) is 0 Å². The molecule has 1 heterocycles. The number of hydrogen-bond acceptors (Lipinski definition) is 2. The molecule has 0 atom stereocenters. The third-order valence-electron chi connectivity index (χ3n) is 3.23. The molecule has 0 spiro atoms. The minimum absolute atomic E-state index is 0.151. The fourth-order valence-electron chi connectivity index (χ4n) is 2.14. The lowest BCUT2D eigenvalue weighted by molar-refractivity contribution is 0.664. The first-order valence-corrected chi connectivity index (χ1v) is 6.28. The Morgan fingerprint density at radius 2 is 2.21 bits per heavy atom. The molecule has 1 saturated carbocycles. The molecule has 0 saturated heterocycles. The van der Waals surface area contributed by atoms with Gasteiger partial charge in [-0.2, -0.15) is 0 Å². The maximum Gasteiger partial charge on any atom is 0.0196 e. The smallest absolute Gasteiger partial charge is 0.0196 e. The average Bonchev–Trinajstić information content (AvgIpc) is 2.73. The summed E-state index contributed by atoms with van der Waals surface area (Å²) < 4.78 is 0. The molecule has 2 N–H and O–H groups in total. The van der Waals surface area contributed by atoms with Crippen LogP contribution in [0.1, 0.15) is 24.0 Å². The highest BCUT2D eigenvalue weighted by molar-refractivity contribution is 7.99. The van der Waals surface area contributed by atoms with E-state index in [1.165, 1.54) is 41.0 Å². The minimum atomic E-state index is 0.151. The van der Waals surface area contributed by atoms with E-state index < -0.39 is 0 Å². The van der Waals surface area contributed by atoms with Crippen molar-refractivity contribution < 1.29 is 0 Å². The largest absolute Gasteiger partial charge is 0.325 e. The van der Waals surface area contributed by atoms with Gasteiger partial charge in [-0.05, 0) is 36.8 Å². The number of thioether (sulfide) groups is 1. The molecule has 1 fully saturated rings. The summed E-state index contributed by atoms with van der Waals surface area (Å²) in [4.78, 5) is 1.53. The monoisotopic (exact) mass is 205 g/mol.